The van der Waals surface area contributed by atoms with Crippen molar-refractivity contribution in [1.29, 1.82) is 0 Å². The Labute approximate surface area is 193 Å². The number of carbonyl (C=O) groups is 2. The van der Waals surface area contributed by atoms with E-state index in [0.29, 0.717) is 5.56 Å². The van der Waals surface area contributed by atoms with E-state index in [2.05, 4.69) is 4.98 Å². The zero-order valence-electron chi connectivity index (χ0n) is 16.6. The molecule has 162 valence electrons. The van der Waals surface area contributed by atoms with Gasteiger partial charge in [0.2, 0.25) is 0 Å². The minimum Gasteiger partial charge on any atom is -0.507 e. The fourth-order valence-corrected chi connectivity index (χ4v) is 4.29. The van der Waals surface area contributed by atoms with E-state index >= 15 is 0 Å². The van der Waals surface area contributed by atoms with Crippen molar-refractivity contribution in [2.45, 2.75) is 6.04 Å². The van der Waals surface area contributed by atoms with E-state index < -0.39 is 23.5 Å². The summed E-state index contributed by atoms with van der Waals surface area (Å²) in [6.07, 6.45) is 3.02. The molecule has 2 heterocycles. The van der Waals surface area contributed by atoms with Crippen LogP contribution < -0.4 is 9.64 Å². The van der Waals surface area contributed by atoms with Gasteiger partial charge in [-0.15, -0.1) is 0 Å². The molecule has 1 saturated heterocycles. The van der Waals surface area contributed by atoms with Crippen LogP contribution in [0.4, 0.5) is 5.69 Å². The number of hydrogen-bond donors (Lipinski definition) is 2. The molecule has 2 aromatic carbocycles. The number of ketones is 1. The number of aromatic nitrogens is 1. The molecule has 9 heteroatoms. The summed E-state index contributed by atoms with van der Waals surface area (Å²) in [5.41, 5.74) is 0.518. The first kappa shape index (κ1) is 21.7. The summed E-state index contributed by atoms with van der Waals surface area (Å²) >= 11 is 12.4. The van der Waals surface area contributed by atoms with Gasteiger partial charge in [0.15, 0.2) is 5.75 Å². The number of rotatable bonds is 4. The highest BCUT2D eigenvalue weighted by molar-refractivity contribution is 6.52. The van der Waals surface area contributed by atoms with Gasteiger partial charge < -0.3 is 14.9 Å². The number of aliphatic hydroxyl groups excluding tert-OH is 1. The second-order valence-electron chi connectivity index (χ2n) is 6.92. The minimum absolute atomic E-state index is 0.119. The van der Waals surface area contributed by atoms with Gasteiger partial charge in [-0.2, -0.15) is 0 Å². The van der Waals surface area contributed by atoms with Crippen LogP contribution in [0.15, 0.2) is 66.5 Å². The number of benzene rings is 2. The SMILES string of the molecule is COc1c(Cl)cc(/C(O)=C2\C(=O)C(=O)N(c3ccccc3O)C2c2cccnc2)cc1Cl. The Morgan fingerprint density at radius 3 is 2.38 bits per heavy atom. The van der Waals surface area contributed by atoms with Crippen LogP contribution in [0.1, 0.15) is 17.2 Å². The molecule has 1 atom stereocenters. The fraction of sp³-hybridized carbons (Fsp3) is 0.0870. The highest BCUT2D eigenvalue weighted by Gasteiger charge is 2.47. The van der Waals surface area contributed by atoms with Gasteiger partial charge in [-0.3, -0.25) is 19.5 Å². The van der Waals surface area contributed by atoms with Crippen molar-refractivity contribution in [3.63, 3.8) is 0 Å². The van der Waals surface area contributed by atoms with Crippen LogP contribution in [0.3, 0.4) is 0 Å². The van der Waals surface area contributed by atoms with Crippen LogP contribution in [0, 0.1) is 0 Å². The summed E-state index contributed by atoms with van der Waals surface area (Å²) in [5, 5.41) is 21.7. The maximum Gasteiger partial charge on any atom is 0.300 e. The smallest absolute Gasteiger partial charge is 0.300 e. The van der Waals surface area contributed by atoms with Crippen molar-refractivity contribution in [1.82, 2.24) is 4.98 Å². The first-order valence-corrected chi connectivity index (χ1v) is 10.1. The number of methoxy groups -OCH3 is 1. The molecule has 3 aromatic rings. The number of hydrogen-bond acceptors (Lipinski definition) is 6. The lowest BCUT2D eigenvalue weighted by Gasteiger charge is -2.25. The maximum atomic E-state index is 13.1. The molecule has 1 aromatic heterocycles. The number of phenols is 1. The van der Waals surface area contributed by atoms with Crippen molar-refractivity contribution < 1.29 is 24.5 Å². The Morgan fingerprint density at radius 1 is 1.09 bits per heavy atom. The second kappa shape index (κ2) is 8.53. The fourth-order valence-electron chi connectivity index (χ4n) is 3.65. The van der Waals surface area contributed by atoms with Gasteiger partial charge in [0, 0.05) is 18.0 Å². The number of carbonyl (C=O) groups excluding carboxylic acids is 2. The van der Waals surface area contributed by atoms with Crippen LogP contribution in [-0.4, -0.2) is 34.0 Å². The van der Waals surface area contributed by atoms with Gasteiger partial charge in [0.05, 0.1) is 34.5 Å². The van der Waals surface area contributed by atoms with Gasteiger partial charge in [-0.1, -0.05) is 41.4 Å². The molecule has 1 aliphatic heterocycles. The third-order valence-electron chi connectivity index (χ3n) is 5.06. The van der Waals surface area contributed by atoms with E-state index in [0.717, 1.165) is 4.90 Å². The number of nitrogens with zero attached hydrogens (tertiary/aromatic N) is 2. The molecule has 1 fully saturated rings. The molecule has 0 aliphatic carbocycles. The quantitative estimate of drug-likeness (QED) is 0.324. The molecular formula is C23H16Cl2N2O5. The monoisotopic (exact) mass is 470 g/mol. The molecule has 7 nitrogen and oxygen atoms in total. The average molecular weight is 471 g/mol. The maximum absolute atomic E-state index is 13.1. The molecule has 32 heavy (non-hydrogen) atoms. The number of aliphatic hydroxyl groups is 1. The van der Waals surface area contributed by atoms with Gasteiger partial charge >= 0.3 is 0 Å². The Kier molecular flexibility index (Phi) is 5.78. The van der Waals surface area contributed by atoms with E-state index in [1.54, 1.807) is 30.5 Å². The predicted molar refractivity (Wildman–Crippen MR) is 120 cm³/mol. The van der Waals surface area contributed by atoms with Gasteiger partial charge in [0.25, 0.3) is 11.7 Å². The number of amides is 1. The third-order valence-corrected chi connectivity index (χ3v) is 5.62. The van der Waals surface area contributed by atoms with Gasteiger partial charge in [0.1, 0.15) is 11.5 Å². The predicted octanol–water partition coefficient (Wildman–Crippen LogP) is 4.73. The first-order chi connectivity index (χ1) is 15.3. The molecule has 4 rings (SSSR count). The lowest BCUT2D eigenvalue weighted by atomic mass is 9.96. The summed E-state index contributed by atoms with van der Waals surface area (Å²) in [7, 11) is 1.40. The zero-order chi connectivity index (χ0) is 23.0. The third kappa shape index (κ3) is 3.55. The second-order valence-corrected chi connectivity index (χ2v) is 7.73. The first-order valence-electron chi connectivity index (χ1n) is 9.37. The Hall–Kier alpha value is -3.55. The van der Waals surface area contributed by atoms with Crippen LogP contribution in [-0.2, 0) is 9.59 Å². The highest BCUT2D eigenvalue weighted by atomic mass is 35.5. The topological polar surface area (TPSA) is 100.0 Å². The molecular weight excluding hydrogens is 455 g/mol. The lowest BCUT2D eigenvalue weighted by Crippen LogP contribution is -2.29. The van der Waals surface area contributed by atoms with Crippen molar-refractivity contribution in [2.75, 3.05) is 12.0 Å². The molecule has 0 radical (unpaired) electrons. The van der Waals surface area contributed by atoms with Crippen molar-refractivity contribution in [3.8, 4) is 11.5 Å². The van der Waals surface area contributed by atoms with E-state index in [1.807, 2.05) is 0 Å². The van der Waals surface area contributed by atoms with E-state index in [1.165, 1.54) is 37.6 Å². The average Bonchev–Trinajstić information content (AvgIpc) is 3.04. The molecule has 1 unspecified atom stereocenters. The van der Waals surface area contributed by atoms with Crippen LogP contribution >= 0.6 is 23.2 Å². The highest BCUT2D eigenvalue weighted by Crippen LogP contribution is 2.45. The number of phenolic OH excluding ortho intramolecular Hbond substituents is 1. The Bertz CT molecular complexity index is 1240. The number of Topliss-reactive ketones (excluding diaryl/α,β-unsaturated/α-hetero) is 1. The summed E-state index contributed by atoms with van der Waals surface area (Å²) in [6.45, 7) is 0. The summed E-state index contributed by atoms with van der Waals surface area (Å²) < 4.78 is 5.13. The standard InChI is InChI=1S/C23H16Cl2N2O5/c1-32-22-14(24)9-13(10-15(22)25)20(29)18-19(12-5-4-8-26-11-12)27(23(31)21(18)30)16-6-2-3-7-17(16)28/h2-11,19,28-29H,1H3/b20-18+. The molecule has 0 spiro atoms. The van der Waals surface area contributed by atoms with Crippen molar-refractivity contribution in [2.24, 2.45) is 0 Å². The van der Waals surface area contributed by atoms with Crippen LogP contribution in [0.25, 0.3) is 5.76 Å². The Balaban J connectivity index is 1.97. The number of pyridine rings is 1. The number of aromatic hydroxyl groups is 1. The molecule has 1 aliphatic rings. The van der Waals surface area contributed by atoms with Crippen molar-refractivity contribution in [3.05, 3.63) is 87.7 Å². The molecule has 1 amide bonds. The normalized spacial score (nSPS) is 17.6. The lowest BCUT2D eigenvalue weighted by molar-refractivity contribution is -0.132. The minimum atomic E-state index is -1.04. The van der Waals surface area contributed by atoms with Crippen molar-refractivity contribution >= 4 is 46.3 Å². The van der Waals surface area contributed by atoms with Crippen LogP contribution in [0.2, 0.25) is 10.0 Å². The Morgan fingerprint density at radius 2 is 1.78 bits per heavy atom. The largest absolute Gasteiger partial charge is 0.507 e. The number of halogens is 2. The van der Waals surface area contributed by atoms with Gasteiger partial charge in [-0.25, -0.2) is 0 Å². The van der Waals surface area contributed by atoms with E-state index in [4.69, 9.17) is 27.9 Å². The summed E-state index contributed by atoms with van der Waals surface area (Å²) in [5.74, 6) is -2.29. The summed E-state index contributed by atoms with van der Waals surface area (Å²) in [4.78, 5) is 31.3. The summed E-state index contributed by atoms with van der Waals surface area (Å²) in [6, 6.07) is 11.2. The van der Waals surface area contributed by atoms with Gasteiger partial charge in [-0.05, 0) is 35.9 Å². The molecule has 0 saturated carbocycles. The number of anilines is 1. The number of ether oxygens (including phenoxy) is 1. The molecule has 2 N–H and O–H groups in total. The molecule has 0 bridgehead atoms. The number of para-hydroxylation sites is 2. The van der Waals surface area contributed by atoms with E-state index in [-0.39, 0.29) is 38.4 Å². The zero-order valence-corrected chi connectivity index (χ0v) is 18.1. The van der Waals surface area contributed by atoms with E-state index in [9.17, 15) is 19.8 Å². The van der Waals surface area contributed by atoms with Crippen LogP contribution in [0.5, 0.6) is 11.5 Å².